The number of carbonyl (C=O) groups excluding carboxylic acids is 1. The van der Waals surface area contributed by atoms with E-state index in [-0.39, 0.29) is 11.0 Å². The van der Waals surface area contributed by atoms with E-state index in [9.17, 15) is 4.79 Å². The van der Waals surface area contributed by atoms with Crippen molar-refractivity contribution in [3.05, 3.63) is 83.9 Å². The summed E-state index contributed by atoms with van der Waals surface area (Å²) in [6.45, 7) is 2.91. The Hall–Kier alpha value is -3.71. The summed E-state index contributed by atoms with van der Waals surface area (Å²) < 4.78 is 11.2. The highest BCUT2D eigenvalue weighted by Crippen LogP contribution is 2.24. The monoisotopic (exact) mass is 431 g/mol. The lowest BCUT2D eigenvalue weighted by Crippen LogP contribution is -2.38. The van der Waals surface area contributed by atoms with Gasteiger partial charge in [-0.3, -0.25) is 10.1 Å². The van der Waals surface area contributed by atoms with Crippen molar-refractivity contribution in [3.63, 3.8) is 0 Å². The Balaban J connectivity index is 1.33. The van der Waals surface area contributed by atoms with Gasteiger partial charge in [-0.25, -0.2) is 4.98 Å². The van der Waals surface area contributed by atoms with Gasteiger partial charge >= 0.3 is 0 Å². The number of ether oxygens (including phenoxy) is 1. The summed E-state index contributed by atoms with van der Waals surface area (Å²) in [5.74, 6) is 0.941. The van der Waals surface area contributed by atoms with Crippen LogP contribution in [0.25, 0.3) is 22.6 Å². The molecule has 31 heavy (non-hydrogen) atoms. The first-order chi connectivity index (χ1) is 15.1. The number of aromatic nitrogens is 1. The molecule has 1 amide bonds. The molecular formula is C24H21N3O3S. The average Bonchev–Trinajstić information content (AvgIpc) is 3.23. The molecule has 0 aliphatic heterocycles. The minimum atomic E-state index is -0.287. The number of oxazole rings is 1. The second-order valence-corrected chi connectivity index (χ2v) is 7.19. The molecule has 0 saturated carbocycles. The third kappa shape index (κ3) is 5.07. The third-order valence-corrected chi connectivity index (χ3v) is 4.83. The van der Waals surface area contributed by atoms with Crippen LogP contribution in [0.5, 0.6) is 5.75 Å². The van der Waals surface area contributed by atoms with Crippen molar-refractivity contribution in [1.82, 2.24) is 15.6 Å². The minimum Gasteiger partial charge on any atom is -0.494 e. The Kier molecular flexibility index (Phi) is 6.24. The normalized spacial score (nSPS) is 10.6. The van der Waals surface area contributed by atoms with E-state index < -0.39 is 0 Å². The van der Waals surface area contributed by atoms with E-state index in [4.69, 9.17) is 21.4 Å². The van der Waals surface area contributed by atoms with Crippen LogP contribution in [0.2, 0.25) is 0 Å². The molecule has 0 unspecified atom stereocenters. The summed E-state index contributed by atoms with van der Waals surface area (Å²) in [5, 5.41) is 6.00. The lowest BCUT2D eigenvalue weighted by atomic mass is 10.1. The van der Waals surface area contributed by atoms with E-state index >= 15 is 0 Å². The maximum Gasteiger partial charge on any atom is 0.257 e. The first-order valence-electron chi connectivity index (χ1n) is 9.89. The van der Waals surface area contributed by atoms with E-state index in [1.807, 2.05) is 55.5 Å². The predicted octanol–water partition coefficient (Wildman–Crippen LogP) is 4.70. The van der Waals surface area contributed by atoms with Gasteiger partial charge in [0.2, 0.25) is 5.89 Å². The zero-order valence-corrected chi connectivity index (χ0v) is 17.7. The van der Waals surface area contributed by atoms with Gasteiger partial charge in [-0.05, 0) is 67.2 Å². The molecule has 0 bridgehead atoms. The van der Waals surface area contributed by atoms with Gasteiger partial charge < -0.3 is 14.5 Å². The molecule has 7 heteroatoms. The van der Waals surface area contributed by atoms with Gasteiger partial charge in [0, 0.05) is 17.7 Å². The standard InChI is InChI=1S/C24H21N3O3S/c1-2-29-19-7-5-6-18(14-19)22(28)27-24(31)25-15-16-10-12-17(13-11-16)23-26-20-8-3-4-9-21(20)30-23/h3-14H,2,15H2,1H3,(H2,25,27,28,31). The number of hydrogen-bond acceptors (Lipinski definition) is 5. The summed E-state index contributed by atoms with van der Waals surface area (Å²) >= 11 is 5.25. The molecule has 6 nitrogen and oxygen atoms in total. The molecule has 0 radical (unpaired) electrons. The van der Waals surface area contributed by atoms with Gasteiger partial charge in [0.15, 0.2) is 10.7 Å². The molecule has 3 aromatic carbocycles. The molecule has 1 aromatic heterocycles. The molecule has 4 aromatic rings. The Morgan fingerprint density at radius 1 is 1.06 bits per heavy atom. The van der Waals surface area contributed by atoms with Crippen molar-refractivity contribution in [1.29, 1.82) is 0 Å². The van der Waals surface area contributed by atoms with Gasteiger partial charge in [0.25, 0.3) is 5.91 Å². The molecule has 0 fully saturated rings. The van der Waals surface area contributed by atoms with Crippen LogP contribution < -0.4 is 15.4 Å². The van der Waals surface area contributed by atoms with Crippen LogP contribution in [0.4, 0.5) is 0 Å². The van der Waals surface area contributed by atoms with Crippen LogP contribution in [-0.2, 0) is 6.54 Å². The molecule has 0 aliphatic carbocycles. The number of amides is 1. The van der Waals surface area contributed by atoms with Gasteiger partial charge in [-0.2, -0.15) is 0 Å². The SMILES string of the molecule is CCOc1cccc(C(=O)NC(=S)NCc2ccc(-c3nc4ccccc4o3)cc2)c1. The predicted molar refractivity (Wildman–Crippen MR) is 124 cm³/mol. The van der Waals surface area contributed by atoms with Crippen molar-refractivity contribution in [2.75, 3.05) is 6.61 Å². The van der Waals surface area contributed by atoms with Crippen molar-refractivity contribution >= 4 is 34.3 Å². The van der Waals surface area contributed by atoms with Crippen LogP contribution in [-0.4, -0.2) is 22.6 Å². The van der Waals surface area contributed by atoms with Crippen LogP contribution in [0.1, 0.15) is 22.8 Å². The minimum absolute atomic E-state index is 0.259. The third-order valence-electron chi connectivity index (χ3n) is 4.58. The van der Waals surface area contributed by atoms with Gasteiger partial charge in [-0.15, -0.1) is 0 Å². The van der Waals surface area contributed by atoms with Crippen molar-refractivity contribution in [3.8, 4) is 17.2 Å². The van der Waals surface area contributed by atoms with Crippen molar-refractivity contribution in [2.24, 2.45) is 0 Å². The Morgan fingerprint density at radius 2 is 1.87 bits per heavy atom. The fraction of sp³-hybridized carbons (Fsp3) is 0.125. The topological polar surface area (TPSA) is 76.4 Å². The molecule has 0 atom stereocenters. The highest BCUT2D eigenvalue weighted by Gasteiger charge is 2.10. The van der Waals surface area contributed by atoms with Crippen molar-refractivity contribution in [2.45, 2.75) is 13.5 Å². The number of fused-ring (bicyclic) bond motifs is 1. The quantitative estimate of drug-likeness (QED) is 0.431. The Labute approximate surface area is 185 Å². The molecule has 1 heterocycles. The van der Waals surface area contributed by atoms with Crippen LogP contribution in [0, 0.1) is 0 Å². The number of hydrogen-bond donors (Lipinski definition) is 2. The van der Waals surface area contributed by atoms with Gasteiger partial charge in [0.1, 0.15) is 11.3 Å². The highest BCUT2D eigenvalue weighted by atomic mass is 32.1. The van der Waals surface area contributed by atoms with Crippen LogP contribution >= 0.6 is 12.2 Å². The number of rotatable bonds is 6. The van der Waals surface area contributed by atoms with Crippen molar-refractivity contribution < 1.29 is 13.9 Å². The van der Waals surface area contributed by atoms with Crippen LogP contribution in [0.15, 0.2) is 77.2 Å². The molecule has 156 valence electrons. The maximum absolute atomic E-state index is 12.4. The first kappa shape index (κ1) is 20.6. The number of carbonyl (C=O) groups is 1. The van der Waals surface area contributed by atoms with E-state index in [1.54, 1.807) is 24.3 Å². The fourth-order valence-corrected chi connectivity index (χ4v) is 3.22. The number of thiocarbonyl (C=S) groups is 1. The summed E-state index contributed by atoms with van der Waals surface area (Å²) in [6.07, 6.45) is 0. The second-order valence-electron chi connectivity index (χ2n) is 6.78. The lowest BCUT2D eigenvalue weighted by Gasteiger charge is -2.11. The fourth-order valence-electron chi connectivity index (χ4n) is 3.06. The number of nitrogens with one attached hydrogen (secondary N) is 2. The zero-order valence-electron chi connectivity index (χ0n) is 16.9. The zero-order chi connectivity index (χ0) is 21.6. The highest BCUT2D eigenvalue weighted by molar-refractivity contribution is 7.80. The molecule has 2 N–H and O–H groups in total. The van der Waals surface area contributed by atoms with Gasteiger partial charge in [-0.1, -0.05) is 30.3 Å². The average molecular weight is 432 g/mol. The summed E-state index contributed by atoms with van der Waals surface area (Å²) in [6, 6.07) is 22.5. The summed E-state index contributed by atoms with van der Waals surface area (Å²) in [4.78, 5) is 16.9. The molecule has 0 spiro atoms. The van der Waals surface area contributed by atoms with E-state index in [0.29, 0.717) is 30.4 Å². The molecular weight excluding hydrogens is 410 g/mol. The molecule has 0 saturated heterocycles. The lowest BCUT2D eigenvalue weighted by molar-refractivity contribution is 0.0976. The first-order valence-corrected chi connectivity index (χ1v) is 10.3. The summed E-state index contributed by atoms with van der Waals surface area (Å²) in [7, 11) is 0. The Morgan fingerprint density at radius 3 is 2.65 bits per heavy atom. The smallest absolute Gasteiger partial charge is 0.257 e. The van der Waals surface area contributed by atoms with E-state index in [0.717, 1.165) is 22.2 Å². The number of para-hydroxylation sites is 2. The maximum atomic E-state index is 12.4. The summed E-state index contributed by atoms with van der Waals surface area (Å²) in [5.41, 5.74) is 3.98. The second kappa shape index (κ2) is 9.40. The van der Waals surface area contributed by atoms with Crippen LogP contribution in [0.3, 0.4) is 0 Å². The largest absolute Gasteiger partial charge is 0.494 e. The van der Waals surface area contributed by atoms with Gasteiger partial charge in [0.05, 0.1) is 6.61 Å². The van der Waals surface area contributed by atoms with E-state index in [2.05, 4.69) is 15.6 Å². The number of nitrogens with zero attached hydrogens (tertiary/aromatic N) is 1. The molecule has 4 rings (SSSR count). The Bertz CT molecular complexity index is 1190. The number of benzene rings is 3. The molecule has 0 aliphatic rings. The van der Waals surface area contributed by atoms with E-state index in [1.165, 1.54) is 0 Å².